The Kier molecular flexibility index (Phi) is 4.63. The summed E-state index contributed by atoms with van der Waals surface area (Å²) in [5.74, 6) is 1.72. The highest BCUT2D eigenvalue weighted by Gasteiger charge is 2.24. The molecule has 1 aromatic heterocycles. The molecule has 5 heteroatoms. The van der Waals surface area contributed by atoms with Crippen LogP contribution in [0.25, 0.3) is 0 Å². The highest BCUT2D eigenvalue weighted by molar-refractivity contribution is 6.30. The average molecular weight is 283 g/mol. The molecule has 106 valence electrons. The van der Waals surface area contributed by atoms with E-state index >= 15 is 0 Å². The van der Waals surface area contributed by atoms with E-state index in [1.54, 1.807) is 0 Å². The molecule has 1 fully saturated rings. The molecular formula is C14H23ClN4. The number of aryl methyl sites for hydroxylation is 1. The Balaban J connectivity index is 2.14. The molecule has 0 spiro atoms. The fourth-order valence-electron chi connectivity index (χ4n) is 2.72. The minimum Gasteiger partial charge on any atom is -0.356 e. The van der Waals surface area contributed by atoms with E-state index < -0.39 is 0 Å². The van der Waals surface area contributed by atoms with Crippen molar-refractivity contribution < 1.29 is 0 Å². The second-order valence-electron chi connectivity index (χ2n) is 5.29. The zero-order valence-electron chi connectivity index (χ0n) is 12.3. The second kappa shape index (κ2) is 6.06. The third kappa shape index (κ3) is 3.18. The Morgan fingerprint density at radius 2 is 1.89 bits per heavy atom. The van der Waals surface area contributed by atoms with Crippen molar-refractivity contribution in [1.82, 2.24) is 14.9 Å². The van der Waals surface area contributed by atoms with E-state index in [0.717, 1.165) is 23.8 Å². The van der Waals surface area contributed by atoms with Crippen LogP contribution in [0, 0.1) is 13.8 Å². The van der Waals surface area contributed by atoms with Gasteiger partial charge in [-0.25, -0.2) is 9.97 Å². The van der Waals surface area contributed by atoms with Crippen molar-refractivity contribution in [2.24, 2.45) is 0 Å². The lowest BCUT2D eigenvalue weighted by molar-refractivity contribution is 0.220. The third-order valence-corrected chi connectivity index (χ3v) is 4.43. The molecule has 19 heavy (non-hydrogen) atoms. The first-order chi connectivity index (χ1) is 9.02. The van der Waals surface area contributed by atoms with Gasteiger partial charge in [0.15, 0.2) is 0 Å². The number of halogens is 1. The topological polar surface area (TPSA) is 32.3 Å². The molecule has 4 nitrogen and oxygen atoms in total. The molecule has 2 rings (SSSR count). The number of nitrogens with zero attached hydrogens (tertiary/aromatic N) is 4. The zero-order chi connectivity index (χ0) is 14.0. The van der Waals surface area contributed by atoms with Crippen molar-refractivity contribution in [1.29, 1.82) is 0 Å². The molecular weight excluding hydrogens is 260 g/mol. The van der Waals surface area contributed by atoms with Crippen LogP contribution in [0.4, 0.5) is 5.82 Å². The number of hydrogen-bond acceptors (Lipinski definition) is 4. The highest BCUT2D eigenvalue weighted by atomic mass is 35.5. The molecule has 1 aromatic rings. The number of rotatable bonds is 3. The van der Waals surface area contributed by atoms with Gasteiger partial charge >= 0.3 is 0 Å². The molecule has 0 aromatic carbocycles. The van der Waals surface area contributed by atoms with Gasteiger partial charge < -0.3 is 9.80 Å². The minimum atomic E-state index is 0.548. The number of hydrogen-bond donors (Lipinski definition) is 0. The van der Waals surface area contributed by atoms with E-state index in [2.05, 4.69) is 33.7 Å². The predicted octanol–water partition coefficient (Wildman–Crippen LogP) is 2.67. The number of piperidine rings is 1. The molecule has 2 heterocycles. The van der Waals surface area contributed by atoms with Gasteiger partial charge in [0, 0.05) is 31.7 Å². The monoisotopic (exact) mass is 282 g/mol. The normalized spacial score (nSPS) is 17.7. The number of aromatic nitrogens is 2. The molecule has 1 aliphatic rings. The van der Waals surface area contributed by atoms with Crippen molar-refractivity contribution in [3.8, 4) is 0 Å². The molecule has 1 saturated heterocycles. The Labute approximate surface area is 120 Å². The molecule has 0 atom stereocenters. The molecule has 0 aliphatic carbocycles. The molecule has 1 aliphatic heterocycles. The maximum Gasteiger partial charge on any atom is 0.137 e. The van der Waals surface area contributed by atoms with E-state index in [1.807, 2.05) is 13.8 Å². The van der Waals surface area contributed by atoms with Crippen LogP contribution in [0.3, 0.4) is 0 Å². The van der Waals surface area contributed by atoms with Gasteiger partial charge in [0.25, 0.3) is 0 Å². The maximum absolute atomic E-state index is 6.16. The van der Waals surface area contributed by atoms with Gasteiger partial charge in [0.1, 0.15) is 16.8 Å². The van der Waals surface area contributed by atoms with Crippen molar-refractivity contribution >= 4 is 17.4 Å². The van der Waals surface area contributed by atoms with E-state index in [0.29, 0.717) is 11.2 Å². The summed E-state index contributed by atoms with van der Waals surface area (Å²) in [5, 5.41) is 0.570. The lowest BCUT2D eigenvalue weighted by atomic mass is 10.0. The van der Waals surface area contributed by atoms with Crippen molar-refractivity contribution in [2.45, 2.75) is 39.7 Å². The van der Waals surface area contributed by atoms with Gasteiger partial charge in [-0.05, 0) is 33.2 Å². The van der Waals surface area contributed by atoms with Gasteiger partial charge in [-0.2, -0.15) is 0 Å². The van der Waals surface area contributed by atoms with Crippen LogP contribution >= 0.6 is 11.6 Å². The molecule has 0 amide bonds. The zero-order valence-corrected chi connectivity index (χ0v) is 13.0. The van der Waals surface area contributed by atoms with E-state index in [4.69, 9.17) is 11.6 Å². The molecule has 0 radical (unpaired) electrons. The van der Waals surface area contributed by atoms with Gasteiger partial charge in [-0.1, -0.05) is 18.5 Å². The quantitative estimate of drug-likeness (QED) is 0.798. The average Bonchev–Trinajstić information content (AvgIpc) is 2.42. The summed E-state index contributed by atoms with van der Waals surface area (Å²) in [6.45, 7) is 9.59. The smallest absolute Gasteiger partial charge is 0.137 e. The van der Waals surface area contributed by atoms with E-state index in [-0.39, 0.29) is 0 Å². The maximum atomic E-state index is 6.16. The van der Waals surface area contributed by atoms with Crippen molar-refractivity contribution in [3.05, 3.63) is 16.5 Å². The van der Waals surface area contributed by atoms with Crippen LogP contribution in [-0.4, -0.2) is 47.6 Å². The fourth-order valence-corrected chi connectivity index (χ4v) is 2.93. The summed E-state index contributed by atoms with van der Waals surface area (Å²) in [4.78, 5) is 13.5. The van der Waals surface area contributed by atoms with Crippen LogP contribution in [0.5, 0.6) is 0 Å². The summed E-state index contributed by atoms with van der Waals surface area (Å²) < 4.78 is 0. The van der Waals surface area contributed by atoms with Gasteiger partial charge in [-0.15, -0.1) is 0 Å². The first kappa shape index (κ1) is 14.5. The summed E-state index contributed by atoms with van der Waals surface area (Å²) >= 11 is 6.16. The SMILES string of the molecule is CCN1CCC(N(C)c2nc(C)nc(Cl)c2C)CC1. The Morgan fingerprint density at radius 3 is 2.47 bits per heavy atom. The lowest BCUT2D eigenvalue weighted by Crippen LogP contribution is -2.43. The van der Waals surface area contributed by atoms with Crippen molar-refractivity contribution in [3.63, 3.8) is 0 Å². The Morgan fingerprint density at radius 1 is 1.26 bits per heavy atom. The van der Waals surface area contributed by atoms with Gasteiger partial charge in [-0.3, -0.25) is 0 Å². The summed E-state index contributed by atoms with van der Waals surface area (Å²) in [6, 6.07) is 0.548. The van der Waals surface area contributed by atoms with Crippen molar-refractivity contribution in [2.75, 3.05) is 31.6 Å². The van der Waals surface area contributed by atoms with Crippen LogP contribution in [0.1, 0.15) is 31.2 Å². The van der Waals surface area contributed by atoms with Crippen LogP contribution in [0.2, 0.25) is 5.15 Å². The number of likely N-dealkylation sites (tertiary alicyclic amines) is 1. The molecule has 0 saturated carbocycles. The second-order valence-corrected chi connectivity index (χ2v) is 5.64. The van der Waals surface area contributed by atoms with Gasteiger partial charge in [0.2, 0.25) is 0 Å². The first-order valence-corrected chi connectivity index (χ1v) is 7.36. The summed E-state index contributed by atoms with van der Waals surface area (Å²) in [5.41, 5.74) is 0.979. The van der Waals surface area contributed by atoms with E-state index in [1.165, 1.54) is 25.9 Å². The molecule has 0 unspecified atom stereocenters. The first-order valence-electron chi connectivity index (χ1n) is 6.98. The van der Waals surface area contributed by atoms with Crippen LogP contribution in [-0.2, 0) is 0 Å². The van der Waals surface area contributed by atoms with E-state index in [9.17, 15) is 0 Å². The lowest BCUT2D eigenvalue weighted by Gasteiger charge is -2.37. The largest absolute Gasteiger partial charge is 0.356 e. The van der Waals surface area contributed by atoms with Crippen LogP contribution in [0.15, 0.2) is 0 Å². The standard InChI is InChI=1S/C14H23ClN4/c1-5-19-8-6-12(7-9-19)18(4)14-10(2)13(15)16-11(3)17-14/h12H,5-9H2,1-4H3. The highest BCUT2D eigenvalue weighted by Crippen LogP contribution is 2.26. The molecule has 0 bridgehead atoms. The fraction of sp³-hybridized carbons (Fsp3) is 0.714. The number of anilines is 1. The summed E-state index contributed by atoms with van der Waals surface area (Å²) in [6.07, 6.45) is 2.37. The summed E-state index contributed by atoms with van der Waals surface area (Å²) in [7, 11) is 2.12. The van der Waals surface area contributed by atoms with Crippen LogP contribution < -0.4 is 4.90 Å². The minimum absolute atomic E-state index is 0.548. The van der Waals surface area contributed by atoms with Gasteiger partial charge in [0.05, 0.1) is 0 Å². The predicted molar refractivity (Wildman–Crippen MR) is 80.1 cm³/mol. The molecule has 0 N–H and O–H groups in total. The Bertz CT molecular complexity index is 441. The Hall–Kier alpha value is -0.870. The third-order valence-electron chi connectivity index (χ3n) is 4.06.